The number of anilines is 1. The van der Waals surface area contributed by atoms with Crippen molar-refractivity contribution in [3.05, 3.63) is 72.8 Å². The first-order valence-corrected chi connectivity index (χ1v) is 19.5. The van der Waals surface area contributed by atoms with Crippen LogP contribution in [0.1, 0.15) is 0 Å². The Labute approximate surface area is 418 Å². The van der Waals surface area contributed by atoms with Crippen molar-refractivity contribution in [3.8, 4) is 11.5 Å². The number of phenols is 2. The number of azo groups is 2. The van der Waals surface area contributed by atoms with Gasteiger partial charge in [0.1, 0.15) is 47.5 Å². The number of hydrogen-bond acceptors (Lipinski definition) is 19. The Morgan fingerprint density at radius 3 is 1.68 bits per heavy atom. The van der Waals surface area contributed by atoms with Crippen LogP contribution in [0, 0.1) is 0 Å². The van der Waals surface area contributed by atoms with Gasteiger partial charge in [-0.1, -0.05) is 12.1 Å². The van der Waals surface area contributed by atoms with Crippen molar-refractivity contribution in [2.24, 2.45) is 20.5 Å². The third-order valence-electron chi connectivity index (χ3n) is 6.93. The number of nitrogens with zero attached hydrogens (tertiary/aromatic N) is 4. The molecule has 0 aromatic heterocycles. The van der Waals surface area contributed by atoms with Gasteiger partial charge in [0.25, 0.3) is 0 Å². The number of hydrogen-bond donors (Lipinski definition) is 3. The van der Waals surface area contributed by atoms with Crippen molar-refractivity contribution >= 4 is 90.5 Å². The Kier molecular flexibility index (Phi) is 21.5. The molecule has 5 rings (SSSR count). The molecule has 0 unspecified atom stereocenters. The zero-order valence-electron chi connectivity index (χ0n) is 29.4. The van der Waals surface area contributed by atoms with Gasteiger partial charge in [0.15, 0.2) is 5.75 Å². The van der Waals surface area contributed by atoms with Gasteiger partial charge in [-0.15, -0.1) is 10.2 Å². The topological polar surface area (TPSA) is 331 Å². The van der Waals surface area contributed by atoms with Crippen LogP contribution in [0.3, 0.4) is 0 Å². The van der Waals surface area contributed by atoms with E-state index >= 15 is 0 Å². The minimum Gasteiger partial charge on any atom is -0.748 e. The number of nitrogens with one attached hydrogen (secondary N) is 1. The number of benzene rings is 5. The number of rotatable bonds is 11. The number of aromatic hydroxyl groups is 2. The molecule has 0 amide bonds. The Balaban J connectivity index is 0.00000605. The maximum absolute atomic E-state index is 12.0. The van der Waals surface area contributed by atoms with Crippen molar-refractivity contribution in [1.29, 1.82) is 0 Å². The van der Waals surface area contributed by atoms with Crippen LogP contribution in [0.15, 0.2) is 108 Å². The quantitative estimate of drug-likeness (QED) is 0.0629. The molecule has 28 heteroatoms. The molecule has 0 spiro atoms. The SMILES string of the molecule is O=S(=O)([O-])CCNc1ccc2cc(S(=O)(=O)[O-])c(N=Nc3ccc(N=Nc4ccc5cc(S(=O)(=O)[O-])cc(S(=O)(=O)[O-])c5c4)cc3O)c(O)c2c1.[Cu].[Na+].[Na+].[Na+].[Na+]. The molecule has 0 heterocycles. The summed E-state index contributed by atoms with van der Waals surface area (Å²) in [5.74, 6) is -2.13. The molecule has 0 bridgehead atoms. The Bertz CT molecular complexity index is 2780. The molecule has 3 N–H and O–H groups in total. The fourth-order valence-corrected chi connectivity index (χ4v) is 6.96. The van der Waals surface area contributed by atoms with Crippen LogP contribution in [0.25, 0.3) is 21.5 Å². The van der Waals surface area contributed by atoms with Crippen molar-refractivity contribution in [1.82, 2.24) is 0 Å². The molecular formula is C28H19CuN5Na4O14S4. The molecule has 0 aliphatic heterocycles. The van der Waals surface area contributed by atoms with Gasteiger partial charge >= 0.3 is 118 Å². The molecule has 19 nitrogen and oxygen atoms in total. The van der Waals surface area contributed by atoms with E-state index in [1.165, 1.54) is 36.4 Å². The maximum Gasteiger partial charge on any atom is 1.00 e. The van der Waals surface area contributed by atoms with E-state index in [0.717, 1.165) is 30.3 Å². The standard InChI is InChI=1S/C28H23N5O14S4.Cu.4Na/c34-24-13-19(31-30-18-4-2-15-9-20(49(39,40)41)14-25(21(15)12-18)50(42,43)44)5-6-23(24)32-33-27-26(51(45,46)47)10-16-1-3-17(11-22(16)28(27)35)29-7-8-48(36,37)38;;;;;/h1-6,9-14,29,34-35H,7-8H2,(H,36,37,38)(H,39,40,41)(H,42,43,44)(H,45,46,47);;;;;/q;;4*+1/p-4. The average molecular weight is 933 g/mol. The van der Waals surface area contributed by atoms with E-state index in [1.807, 2.05) is 0 Å². The normalized spacial score (nSPS) is 11.9. The first-order chi connectivity index (χ1) is 23.6. The fourth-order valence-electron chi connectivity index (χ4n) is 4.64. The van der Waals surface area contributed by atoms with Crippen LogP contribution in [0.5, 0.6) is 11.5 Å². The van der Waals surface area contributed by atoms with Gasteiger partial charge in [0, 0.05) is 46.1 Å². The summed E-state index contributed by atoms with van der Waals surface area (Å²) in [5, 5.41) is 39.0. The number of phenolic OH excluding ortho intramolecular Hbond substituents is 2. The summed E-state index contributed by atoms with van der Waals surface area (Å²) in [6.07, 6.45) is 0. The summed E-state index contributed by atoms with van der Waals surface area (Å²) >= 11 is 0. The van der Waals surface area contributed by atoms with Crippen molar-refractivity contribution < 1.29 is 197 Å². The Morgan fingerprint density at radius 1 is 0.571 bits per heavy atom. The molecule has 0 atom stereocenters. The molecular weight excluding hydrogens is 914 g/mol. The van der Waals surface area contributed by atoms with E-state index < -0.39 is 78.1 Å². The fraction of sp³-hybridized carbons (Fsp3) is 0.0714. The molecule has 5 aromatic rings. The van der Waals surface area contributed by atoms with Crippen LogP contribution in [0.2, 0.25) is 0 Å². The van der Waals surface area contributed by atoms with E-state index in [-0.39, 0.29) is 186 Å². The Hall–Kier alpha value is -0.621. The van der Waals surface area contributed by atoms with Crippen LogP contribution in [-0.2, 0) is 57.5 Å². The minimum absolute atomic E-state index is 0. The van der Waals surface area contributed by atoms with Crippen molar-refractivity contribution in [2.45, 2.75) is 14.7 Å². The predicted octanol–water partition coefficient (Wildman–Crippen LogP) is -8.08. The molecule has 0 fully saturated rings. The van der Waals surface area contributed by atoms with Gasteiger partial charge in [-0.25, -0.2) is 33.7 Å². The van der Waals surface area contributed by atoms with Gasteiger partial charge in [0.2, 0.25) is 0 Å². The first kappa shape index (κ1) is 55.4. The van der Waals surface area contributed by atoms with Gasteiger partial charge < -0.3 is 33.7 Å². The molecule has 279 valence electrons. The summed E-state index contributed by atoms with van der Waals surface area (Å²) in [5.41, 5.74) is -0.891. The van der Waals surface area contributed by atoms with Crippen LogP contribution in [-0.4, -0.2) is 74.4 Å². The smallest absolute Gasteiger partial charge is 0.748 e. The molecule has 0 aliphatic rings. The van der Waals surface area contributed by atoms with Gasteiger partial charge in [-0.05, 0) is 65.4 Å². The van der Waals surface area contributed by atoms with Gasteiger partial charge in [-0.2, -0.15) is 10.2 Å². The van der Waals surface area contributed by atoms with E-state index in [2.05, 4.69) is 25.8 Å². The van der Waals surface area contributed by atoms with E-state index in [9.17, 15) is 62.1 Å². The maximum atomic E-state index is 12.0. The van der Waals surface area contributed by atoms with E-state index in [1.54, 1.807) is 0 Å². The van der Waals surface area contributed by atoms with Crippen LogP contribution in [0.4, 0.5) is 28.4 Å². The molecule has 0 saturated carbocycles. The average Bonchev–Trinajstić information content (AvgIpc) is 3.01. The third-order valence-corrected chi connectivity index (χ3v) is 10.2. The summed E-state index contributed by atoms with van der Waals surface area (Å²) in [7, 11) is -20.1. The zero-order valence-corrected chi connectivity index (χ0v) is 41.6. The van der Waals surface area contributed by atoms with Crippen molar-refractivity contribution in [3.63, 3.8) is 0 Å². The molecule has 0 aliphatic carbocycles. The summed E-state index contributed by atoms with van der Waals surface area (Å²) in [4.78, 5) is -2.85. The zero-order chi connectivity index (χ0) is 37.5. The summed E-state index contributed by atoms with van der Waals surface area (Å²) in [6, 6.07) is 13.2. The molecule has 1 radical (unpaired) electrons. The number of fused-ring (bicyclic) bond motifs is 2. The van der Waals surface area contributed by atoms with Gasteiger partial charge in [0.05, 0.1) is 41.9 Å². The van der Waals surface area contributed by atoms with Gasteiger partial charge in [-0.3, -0.25) is 0 Å². The largest absolute Gasteiger partial charge is 1.00 e. The molecule has 0 saturated heterocycles. The molecule has 56 heavy (non-hydrogen) atoms. The minimum atomic E-state index is -5.24. The second-order valence-corrected chi connectivity index (χ2v) is 16.1. The summed E-state index contributed by atoms with van der Waals surface area (Å²) < 4.78 is 138. The molecule has 5 aromatic carbocycles. The van der Waals surface area contributed by atoms with Crippen LogP contribution < -0.4 is 124 Å². The summed E-state index contributed by atoms with van der Waals surface area (Å²) in [6.45, 7) is -0.278. The predicted molar refractivity (Wildman–Crippen MR) is 173 cm³/mol. The Morgan fingerprint density at radius 2 is 1.12 bits per heavy atom. The second-order valence-electron chi connectivity index (χ2n) is 10.5. The van der Waals surface area contributed by atoms with E-state index in [4.69, 9.17) is 0 Å². The first-order valence-electron chi connectivity index (χ1n) is 13.7. The second kappa shape index (κ2) is 21.8. The third kappa shape index (κ3) is 14.2. The van der Waals surface area contributed by atoms with Crippen LogP contribution >= 0.6 is 0 Å². The van der Waals surface area contributed by atoms with E-state index in [0.29, 0.717) is 6.07 Å². The van der Waals surface area contributed by atoms with Crippen molar-refractivity contribution in [2.75, 3.05) is 17.6 Å². The monoisotopic (exact) mass is 932 g/mol.